The van der Waals surface area contributed by atoms with Crippen LogP contribution in [0.2, 0.25) is 0 Å². The Morgan fingerprint density at radius 1 is 1.21 bits per heavy atom. The number of likely N-dealkylation sites (tertiary alicyclic amines) is 1. The molecule has 1 aromatic heterocycles. The van der Waals surface area contributed by atoms with E-state index in [1.54, 1.807) is 0 Å². The zero-order valence-corrected chi connectivity index (χ0v) is 19.4. The molecular formula is C19H33IN6O2. The highest BCUT2D eigenvalue weighted by atomic mass is 127. The van der Waals surface area contributed by atoms with Crippen LogP contribution in [0, 0.1) is 5.92 Å². The Morgan fingerprint density at radius 3 is 2.86 bits per heavy atom. The van der Waals surface area contributed by atoms with Crippen molar-refractivity contribution < 1.29 is 9.53 Å². The summed E-state index contributed by atoms with van der Waals surface area (Å²) in [6, 6.07) is 0. The number of halogens is 1. The summed E-state index contributed by atoms with van der Waals surface area (Å²) < 4.78 is 7.45. The molecule has 0 spiro atoms. The van der Waals surface area contributed by atoms with E-state index in [-0.39, 0.29) is 35.9 Å². The molecule has 0 amide bonds. The van der Waals surface area contributed by atoms with Crippen molar-refractivity contribution in [3.05, 3.63) is 11.6 Å². The highest BCUT2D eigenvalue weighted by Gasteiger charge is 2.28. The van der Waals surface area contributed by atoms with Gasteiger partial charge < -0.3 is 19.5 Å². The van der Waals surface area contributed by atoms with Crippen molar-refractivity contribution in [1.82, 2.24) is 25.0 Å². The Balaban J connectivity index is 0.00000280. The minimum Gasteiger partial charge on any atom is -0.466 e. The summed E-state index contributed by atoms with van der Waals surface area (Å²) in [5.41, 5.74) is 0. The normalized spacial score (nSPS) is 20.0. The summed E-state index contributed by atoms with van der Waals surface area (Å²) in [5.74, 6) is 2.69. The molecule has 2 aliphatic heterocycles. The van der Waals surface area contributed by atoms with Gasteiger partial charge in [0.2, 0.25) is 0 Å². The predicted octanol–water partition coefficient (Wildman–Crippen LogP) is 2.36. The van der Waals surface area contributed by atoms with Crippen LogP contribution in [0.1, 0.15) is 57.6 Å². The molecule has 1 N–H and O–H groups in total. The van der Waals surface area contributed by atoms with Gasteiger partial charge in [0.25, 0.3) is 0 Å². The Labute approximate surface area is 184 Å². The minimum atomic E-state index is -0.0965. The maximum absolute atomic E-state index is 12.1. The van der Waals surface area contributed by atoms with Gasteiger partial charge in [-0.25, -0.2) is 4.99 Å². The number of hydrogen-bond acceptors (Lipinski definition) is 5. The van der Waals surface area contributed by atoms with Crippen molar-refractivity contribution in [2.75, 3.05) is 26.2 Å². The van der Waals surface area contributed by atoms with E-state index in [2.05, 4.69) is 31.9 Å². The maximum Gasteiger partial charge on any atom is 0.310 e. The van der Waals surface area contributed by atoms with Crippen molar-refractivity contribution in [2.45, 2.75) is 65.5 Å². The number of rotatable bonds is 5. The largest absolute Gasteiger partial charge is 0.466 e. The number of hydrogen-bond donors (Lipinski definition) is 1. The van der Waals surface area contributed by atoms with Crippen molar-refractivity contribution in [2.24, 2.45) is 10.9 Å². The van der Waals surface area contributed by atoms with E-state index in [9.17, 15) is 4.79 Å². The van der Waals surface area contributed by atoms with Gasteiger partial charge in [-0.15, -0.1) is 34.2 Å². The zero-order chi connectivity index (χ0) is 19.1. The van der Waals surface area contributed by atoms with E-state index in [0.717, 1.165) is 56.5 Å². The van der Waals surface area contributed by atoms with Gasteiger partial charge in [-0.1, -0.05) is 6.42 Å². The molecule has 3 heterocycles. The van der Waals surface area contributed by atoms with Gasteiger partial charge in [-0.05, 0) is 39.5 Å². The molecule has 158 valence electrons. The molecule has 1 aromatic rings. The Morgan fingerprint density at radius 2 is 2.07 bits per heavy atom. The second-order valence-electron chi connectivity index (χ2n) is 7.20. The molecule has 0 aliphatic carbocycles. The highest BCUT2D eigenvalue weighted by molar-refractivity contribution is 14.0. The van der Waals surface area contributed by atoms with E-state index in [1.807, 2.05) is 6.92 Å². The molecular weight excluding hydrogens is 471 g/mol. The second kappa shape index (κ2) is 11.6. The molecule has 9 heteroatoms. The molecule has 1 saturated heterocycles. The van der Waals surface area contributed by atoms with Gasteiger partial charge in [0.05, 0.1) is 12.5 Å². The molecule has 1 unspecified atom stereocenters. The van der Waals surface area contributed by atoms with Crippen LogP contribution in [0.15, 0.2) is 4.99 Å². The third-order valence-electron chi connectivity index (χ3n) is 5.23. The Hall–Kier alpha value is -1.39. The molecule has 2 aliphatic rings. The third-order valence-corrected chi connectivity index (χ3v) is 5.23. The fourth-order valence-corrected chi connectivity index (χ4v) is 3.86. The SMILES string of the molecule is CCNC(=NCc1nnc2n1CCCCC2)N1CCCC(C(=O)OCC)C1.I. The van der Waals surface area contributed by atoms with E-state index in [4.69, 9.17) is 9.73 Å². The highest BCUT2D eigenvalue weighted by Crippen LogP contribution is 2.19. The van der Waals surface area contributed by atoms with Gasteiger partial charge in [-0.2, -0.15) is 0 Å². The monoisotopic (exact) mass is 504 g/mol. The lowest BCUT2D eigenvalue weighted by atomic mass is 9.98. The quantitative estimate of drug-likeness (QED) is 0.287. The maximum atomic E-state index is 12.1. The number of carbonyl (C=O) groups excluding carboxylic acids is 1. The van der Waals surface area contributed by atoms with E-state index >= 15 is 0 Å². The van der Waals surface area contributed by atoms with Crippen LogP contribution in [0.5, 0.6) is 0 Å². The number of esters is 1. The van der Waals surface area contributed by atoms with Crippen LogP contribution in [-0.2, 0) is 29.0 Å². The molecule has 3 rings (SSSR count). The summed E-state index contributed by atoms with van der Waals surface area (Å²) in [6.07, 6.45) is 6.46. The van der Waals surface area contributed by atoms with Gasteiger partial charge in [0, 0.05) is 32.6 Å². The fourth-order valence-electron chi connectivity index (χ4n) is 3.86. The topological polar surface area (TPSA) is 84.6 Å². The summed E-state index contributed by atoms with van der Waals surface area (Å²) in [6.45, 7) is 8.19. The van der Waals surface area contributed by atoms with Gasteiger partial charge in [0.1, 0.15) is 12.4 Å². The number of nitrogens with zero attached hydrogens (tertiary/aromatic N) is 5. The Kier molecular flexibility index (Phi) is 9.46. The van der Waals surface area contributed by atoms with Gasteiger partial charge in [0.15, 0.2) is 11.8 Å². The molecule has 1 fully saturated rings. The van der Waals surface area contributed by atoms with Crippen molar-refractivity contribution in [3.8, 4) is 0 Å². The lowest BCUT2D eigenvalue weighted by molar-refractivity contribution is -0.149. The standard InChI is InChI=1S/C19H32N6O2.HI/c1-3-20-19(24-11-8-9-15(14-24)18(26)27-4-2)21-13-17-23-22-16-10-6-5-7-12-25(16)17;/h15H,3-14H2,1-2H3,(H,20,21);1H. The average molecular weight is 504 g/mol. The van der Waals surface area contributed by atoms with Gasteiger partial charge in [-0.3, -0.25) is 4.79 Å². The summed E-state index contributed by atoms with van der Waals surface area (Å²) in [5, 5.41) is 12.1. The first-order chi connectivity index (χ1) is 13.2. The molecule has 8 nitrogen and oxygen atoms in total. The minimum absolute atomic E-state index is 0. The third kappa shape index (κ3) is 5.81. The molecule has 0 saturated carbocycles. The first-order valence-electron chi connectivity index (χ1n) is 10.3. The van der Waals surface area contributed by atoms with E-state index in [1.165, 1.54) is 19.3 Å². The molecule has 0 bridgehead atoms. The summed E-state index contributed by atoms with van der Waals surface area (Å²) in [7, 11) is 0. The summed E-state index contributed by atoms with van der Waals surface area (Å²) >= 11 is 0. The number of aryl methyl sites for hydroxylation is 1. The number of aliphatic imine (C=N–C) groups is 1. The lowest BCUT2D eigenvalue weighted by Gasteiger charge is -2.34. The first-order valence-corrected chi connectivity index (χ1v) is 10.3. The summed E-state index contributed by atoms with van der Waals surface area (Å²) in [4.78, 5) is 19.1. The number of aromatic nitrogens is 3. The second-order valence-corrected chi connectivity index (χ2v) is 7.20. The molecule has 0 radical (unpaired) electrons. The Bertz CT molecular complexity index is 663. The van der Waals surface area contributed by atoms with Crippen LogP contribution < -0.4 is 5.32 Å². The number of piperidine rings is 1. The number of ether oxygens (including phenoxy) is 1. The smallest absolute Gasteiger partial charge is 0.310 e. The fraction of sp³-hybridized carbons (Fsp3) is 0.789. The first kappa shape index (κ1) is 22.9. The predicted molar refractivity (Wildman–Crippen MR) is 119 cm³/mol. The van der Waals surface area contributed by atoms with Gasteiger partial charge >= 0.3 is 5.97 Å². The van der Waals surface area contributed by atoms with Crippen LogP contribution in [0.25, 0.3) is 0 Å². The number of fused-ring (bicyclic) bond motifs is 1. The number of guanidine groups is 1. The zero-order valence-electron chi connectivity index (χ0n) is 17.0. The molecule has 1 atom stereocenters. The van der Waals surface area contributed by atoms with Crippen LogP contribution >= 0.6 is 24.0 Å². The van der Waals surface area contributed by atoms with Crippen molar-refractivity contribution in [3.63, 3.8) is 0 Å². The van der Waals surface area contributed by atoms with Crippen molar-refractivity contribution >= 4 is 35.9 Å². The van der Waals surface area contributed by atoms with Crippen LogP contribution in [0.4, 0.5) is 0 Å². The van der Waals surface area contributed by atoms with E-state index in [0.29, 0.717) is 19.7 Å². The van der Waals surface area contributed by atoms with Crippen LogP contribution in [0.3, 0.4) is 0 Å². The number of carbonyl (C=O) groups is 1. The number of nitrogens with one attached hydrogen (secondary N) is 1. The average Bonchev–Trinajstić information content (AvgIpc) is 2.91. The van der Waals surface area contributed by atoms with E-state index < -0.39 is 0 Å². The van der Waals surface area contributed by atoms with Crippen molar-refractivity contribution in [1.29, 1.82) is 0 Å². The molecule has 28 heavy (non-hydrogen) atoms. The molecule has 0 aromatic carbocycles. The van der Waals surface area contributed by atoms with Crippen LogP contribution in [-0.4, -0.2) is 57.8 Å². The lowest BCUT2D eigenvalue weighted by Crippen LogP contribution is -2.48.